The average molecular weight is 272 g/mol. The summed E-state index contributed by atoms with van der Waals surface area (Å²) in [6, 6.07) is 0. The molecule has 0 rings (SSSR count). The number of rotatable bonds is 0. The van der Waals surface area contributed by atoms with Crippen molar-refractivity contribution in [3.05, 3.63) is 12.3 Å². The molecule has 0 aliphatic heterocycles. The molecule has 2 nitrogen and oxygen atoms in total. The summed E-state index contributed by atoms with van der Waals surface area (Å²) in [7, 11) is 0.120. The van der Waals surface area contributed by atoms with Crippen LogP contribution in [0, 0.1) is 37.3 Å². The normalized spacial score (nSPS) is 5.14. The van der Waals surface area contributed by atoms with E-state index in [2.05, 4.69) is 19.6 Å². The third-order valence-corrected chi connectivity index (χ3v) is 0. The summed E-state index contributed by atoms with van der Waals surface area (Å²) in [6.07, 6.45) is 0. The summed E-state index contributed by atoms with van der Waals surface area (Å²) in [6.45, 7) is 6.81. The molecule has 0 aromatic heterocycles. The van der Waals surface area contributed by atoms with E-state index in [1.54, 1.807) is 0 Å². The Balaban J connectivity index is -0.0000000150. The van der Waals surface area contributed by atoms with Crippen LogP contribution in [-0.4, -0.2) is 8.80 Å². The Morgan fingerprint density at radius 2 is 0.857 bits per heavy atom. The van der Waals surface area contributed by atoms with Crippen molar-refractivity contribution in [2.75, 3.05) is 0 Å². The summed E-state index contributed by atoms with van der Waals surface area (Å²) < 4.78 is 0. The first kappa shape index (κ1) is 23.8. The first-order valence-corrected chi connectivity index (χ1v) is 4.50. The molecule has 53 valence electrons. The Morgan fingerprint density at radius 1 is 0.857 bits per heavy atom. The van der Waals surface area contributed by atoms with Crippen molar-refractivity contribution in [2.24, 2.45) is 0 Å². The third kappa shape index (κ3) is 112. The molecule has 4 N–H and O–H groups in total. The Labute approximate surface area is 77.4 Å². The van der Waals surface area contributed by atoms with E-state index in [-0.39, 0.29) is 58.4 Å². The molecule has 1 radical (unpaired) electrons. The molecule has 0 unspecified atom stereocenters. The van der Waals surface area contributed by atoms with Crippen molar-refractivity contribution < 1.29 is 37.3 Å². The second-order valence-electron chi connectivity index (χ2n) is 1.50. The van der Waals surface area contributed by atoms with Crippen LogP contribution >= 0.6 is 0 Å². The van der Waals surface area contributed by atoms with Crippen molar-refractivity contribution in [1.82, 2.24) is 0 Å². The molecule has 0 amide bonds. The maximum Gasteiger partial charge on any atom is 0.0379 e. The SMILES string of the molecule is C[Si](C)C.[Er].[NH2-].[NH2-]. The summed E-state index contributed by atoms with van der Waals surface area (Å²) in [4.78, 5) is 0. The van der Waals surface area contributed by atoms with Crippen LogP contribution in [0.1, 0.15) is 0 Å². The fourth-order valence-corrected chi connectivity index (χ4v) is 0. The van der Waals surface area contributed by atoms with E-state index >= 15 is 0 Å². The van der Waals surface area contributed by atoms with Gasteiger partial charge in [0.25, 0.3) is 0 Å². The van der Waals surface area contributed by atoms with Crippen molar-refractivity contribution in [1.29, 1.82) is 0 Å². The molecule has 7 heavy (non-hydrogen) atoms. The fraction of sp³-hybridized carbons (Fsp3) is 1.00. The summed E-state index contributed by atoms with van der Waals surface area (Å²) in [5, 5.41) is 0. The number of hydrogen-bond acceptors (Lipinski definition) is 0. The number of hydrogen-bond donors (Lipinski definition) is 0. The van der Waals surface area contributed by atoms with Crippen LogP contribution < -0.4 is 0 Å². The maximum atomic E-state index is 2.27. The van der Waals surface area contributed by atoms with Gasteiger partial charge in [-0.3, -0.25) is 0 Å². The monoisotopic (exact) mass is 271 g/mol. The summed E-state index contributed by atoms with van der Waals surface area (Å²) in [5.41, 5.74) is 0. The van der Waals surface area contributed by atoms with Gasteiger partial charge in [-0.2, -0.15) is 0 Å². The van der Waals surface area contributed by atoms with Gasteiger partial charge >= 0.3 is 0 Å². The average Bonchev–Trinajstić information content (AvgIpc) is 0.811. The standard InChI is InChI=1S/C3H9Si.Er.2H2N/c1-4(2)3;;;/h1-3H3;;2*1H2/q;;2*-1. The van der Waals surface area contributed by atoms with Crippen LogP contribution in [-0.2, 0) is 0 Å². The van der Waals surface area contributed by atoms with Crippen molar-refractivity contribution >= 4 is 8.80 Å². The molecule has 0 atom stereocenters. The van der Waals surface area contributed by atoms with E-state index in [0.717, 1.165) is 0 Å². The molecule has 0 aliphatic carbocycles. The molecule has 0 aliphatic rings. The predicted octanol–water partition coefficient (Wildman–Crippen LogP) is 2.80. The topological polar surface area (TPSA) is 67.0 Å². The van der Waals surface area contributed by atoms with Crippen LogP contribution in [0.2, 0.25) is 19.6 Å². The molecule has 0 spiro atoms. The van der Waals surface area contributed by atoms with Gasteiger partial charge in [0.2, 0.25) is 0 Å². The molecule has 0 aromatic rings. The number of nitrogens with two attached hydrogens (primary N) is 2. The first-order valence-electron chi connectivity index (χ1n) is 1.50. The minimum absolute atomic E-state index is 0. The van der Waals surface area contributed by atoms with Crippen molar-refractivity contribution in [3.63, 3.8) is 0 Å². The molecule has 0 fully saturated rings. The quantitative estimate of drug-likeness (QED) is 0.609. The first-order chi connectivity index (χ1) is 1.73. The van der Waals surface area contributed by atoms with Gasteiger partial charge in [-0.25, -0.2) is 0 Å². The van der Waals surface area contributed by atoms with E-state index in [0.29, 0.717) is 0 Å². The van der Waals surface area contributed by atoms with Gasteiger partial charge in [0, 0.05) is 46.1 Å². The van der Waals surface area contributed by atoms with Gasteiger partial charge in [-0.15, -0.1) is 0 Å². The molecular formula is C3H13ErN2Si-2. The molecule has 0 bridgehead atoms. The Hall–Kier alpha value is 1.38. The van der Waals surface area contributed by atoms with Gasteiger partial charge in [0.05, 0.1) is 0 Å². The van der Waals surface area contributed by atoms with Gasteiger partial charge in [-0.1, -0.05) is 19.6 Å². The summed E-state index contributed by atoms with van der Waals surface area (Å²) >= 11 is 0. The van der Waals surface area contributed by atoms with Crippen LogP contribution in [0.15, 0.2) is 0 Å². The fourth-order valence-electron chi connectivity index (χ4n) is 0. The van der Waals surface area contributed by atoms with Gasteiger partial charge in [0.15, 0.2) is 0 Å². The second-order valence-corrected chi connectivity index (χ2v) is 4.50. The van der Waals surface area contributed by atoms with Crippen LogP contribution in [0.3, 0.4) is 0 Å². The zero-order valence-corrected chi connectivity index (χ0v) is 7.80. The Morgan fingerprint density at radius 3 is 0.857 bits per heavy atom. The van der Waals surface area contributed by atoms with E-state index in [4.69, 9.17) is 0 Å². The molecule has 4 heteroatoms. The molecule has 0 saturated heterocycles. The minimum atomic E-state index is 0. The van der Waals surface area contributed by atoms with Gasteiger partial charge in [0.1, 0.15) is 0 Å². The van der Waals surface area contributed by atoms with Crippen molar-refractivity contribution in [2.45, 2.75) is 19.6 Å². The second kappa shape index (κ2) is 15.7. The molecular weight excluding hydrogens is 259 g/mol. The van der Waals surface area contributed by atoms with Crippen LogP contribution in [0.5, 0.6) is 0 Å². The van der Waals surface area contributed by atoms with E-state index < -0.39 is 0 Å². The largest absolute Gasteiger partial charge is 0.693 e. The predicted molar refractivity (Wildman–Crippen MR) is 33.9 cm³/mol. The Bertz CT molecular complexity index is 17.7. The van der Waals surface area contributed by atoms with Gasteiger partial charge in [-0.05, 0) is 0 Å². The minimum Gasteiger partial charge on any atom is -0.693 e. The smallest absolute Gasteiger partial charge is 0.0379 e. The molecule has 0 aromatic carbocycles. The zero-order valence-electron chi connectivity index (χ0n) is 4.94. The molecule has 0 saturated carbocycles. The zero-order chi connectivity index (χ0) is 3.58. The van der Waals surface area contributed by atoms with Crippen LogP contribution in [0.25, 0.3) is 12.3 Å². The van der Waals surface area contributed by atoms with Gasteiger partial charge < -0.3 is 12.3 Å². The van der Waals surface area contributed by atoms with E-state index in [1.807, 2.05) is 0 Å². The third-order valence-electron chi connectivity index (χ3n) is 0. The van der Waals surface area contributed by atoms with Crippen LogP contribution in [0.4, 0.5) is 0 Å². The van der Waals surface area contributed by atoms with E-state index in [1.165, 1.54) is 0 Å². The van der Waals surface area contributed by atoms with E-state index in [9.17, 15) is 0 Å². The van der Waals surface area contributed by atoms with Crippen molar-refractivity contribution in [3.8, 4) is 0 Å². The Kier molecular flexibility index (Phi) is 53.2. The maximum absolute atomic E-state index is 2.27. The molecule has 0 heterocycles. The summed E-state index contributed by atoms with van der Waals surface area (Å²) in [5.74, 6) is 0.